The third kappa shape index (κ3) is 7.81. The summed E-state index contributed by atoms with van der Waals surface area (Å²) >= 11 is 7.50. The molecule has 0 unspecified atom stereocenters. The van der Waals surface area contributed by atoms with Gasteiger partial charge in [-0.1, -0.05) is 61.0 Å². The summed E-state index contributed by atoms with van der Waals surface area (Å²) in [5.74, 6) is 0.143. The van der Waals surface area contributed by atoms with E-state index in [4.69, 9.17) is 11.6 Å². The van der Waals surface area contributed by atoms with E-state index in [0.717, 1.165) is 21.7 Å². The van der Waals surface area contributed by atoms with E-state index in [1.807, 2.05) is 92.7 Å². The largest absolute Gasteiger partial charge is 0.326 e. The summed E-state index contributed by atoms with van der Waals surface area (Å²) in [4.78, 5) is 38.4. The Morgan fingerprint density at radius 3 is 2.53 bits per heavy atom. The number of aliphatic imine (C=N–C) groups is 1. The molecule has 1 atom stereocenters. The second-order valence-corrected chi connectivity index (χ2v) is 10.1. The van der Waals surface area contributed by atoms with Gasteiger partial charge in [-0.25, -0.2) is 4.98 Å². The molecule has 0 aliphatic heterocycles. The molecule has 0 bridgehead atoms. The summed E-state index contributed by atoms with van der Waals surface area (Å²) in [7, 11) is 0. The van der Waals surface area contributed by atoms with Crippen LogP contribution < -0.4 is 16.2 Å². The van der Waals surface area contributed by atoms with Crippen LogP contribution in [-0.4, -0.2) is 21.8 Å². The van der Waals surface area contributed by atoms with Crippen molar-refractivity contribution >= 4 is 46.9 Å². The number of aromatic nitrogens is 2. The molecule has 0 aliphatic rings. The summed E-state index contributed by atoms with van der Waals surface area (Å²) in [5, 5.41) is 6.74. The zero-order chi connectivity index (χ0) is 26.9. The summed E-state index contributed by atoms with van der Waals surface area (Å²) < 4.78 is 0. The first-order chi connectivity index (χ1) is 18.4. The van der Waals surface area contributed by atoms with Crippen molar-refractivity contribution in [3.8, 4) is 0 Å². The van der Waals surface area contributed by atoms with Crippen molar-refractivity contribution in [1.82, 2.24) is 15.3 Å². The molecule has 1 aromatic heterocycles. The van der Waals surface area contributed by atoms with Crippen molar-refractivity contribution in [2.45, 2.75) is 36.8 Å². The number of benzene rings is 3. The highest BCUT2D eigenvalue weighted by atomic mass is 35.5. The van der Waals surface area contributed by atoms with E-state index in [2.05, 4.69) is 25.6 Å². The molecular formula is C29H28ClN5O2S. The fraction of sp³-hybridized carbons (Fsp3) is 0.172. The number of guanidine groups is 1. The number of H-pyrrole nitrogens is 1. The number of anilines is 1. The minimum atomic E-state index is -0.366. The number of thioether (sulfide) groups is 1. The highest BCUT2D eigenvalue weighted by molar-refractivity contribution is 7.98. The summed E-state index contributed by atoms with van der Waals surface area (Å²) in [6.45, 7) is 3.94. The Hall–Kier alpha value is -3.88. The molecule has 38 heavy (non-hydrogen) atoms. The Kier molecular flexibility index (Phi) is 9.35. The van der Waals surface area contributed by atoms with Crippen LogP contribution in [0.4, 0.5) is 11.6 Å². The third-order valence-electron chi connectivity index (χ3n) is 5.65. The molecule has 4 aromatic rings. The van der Waals surface area contributed by atoms with Crippen LogP contribution in [0.2, 0.25) is 5.02 Å². The number of hydrogen-bond donors (Lipinski definition) is 3. The average molecular weight is 546 g/mol. The Labute approximate surface area is 230 Å². The number of hydrogen-bond acceptors (Lipinski definition) is 5. The van der Waals surface area contributed by atoms with Crippen molar-refractivity contribution in [2.75, 3.05) is 5.32 Å². The number of amides is 1. The molecule has 0 saturated carbocycles. The first-order valence-electron chi connectivity index (χ1n) is 12.2. The molecule has 0 spiro atoms. The molecule has 9 heteroatoms. The van der Waals surface area contributed by atoms with Crippen molar-refractivity contribution in [2.24, 2.45) is 4.99 Å². The lowest BCUT2D eigenvalue weighted by molar-refractivity contribution is -0.121. The molecule has 0 saturated heterocycles. The molecule has 194 valence electrons. The minimum Gasteiger partial charge on any atom is -0.326 e. The van der Waals surface area contributed by atoms with Crippen LogP contribution in [0.3, 0.4) is 0 Å². The predicted octanol–water partition coefficient (Wildman–Crippen LogP) is 6.43. The van der Waals surface area contributed by atoms with E-state index in [-0.39, 0.29) is 29.3 Å². The summed E-state index contributed by atoms with van der Waals surface area (Å²) in [6.07, 6.45) is 0.611. The fourth-order valence-corrected chi connectivity index (χ4v) is 4.74. The van der Waals surface area contributed by atoms with E-state index in [9.17, 15) is 9.59 Å². The van der Waals surface area contributed by atoms with Gasteiger partial charge in [-0.3, -0.25) is 19.9 Å². The van der Waals surface area contributed by atoms with Gasteiger partial charge in [-0.2, -0.15) is 4.99 Å². The van der Waals surface area contributed by atoms with E-state index in [1.54, 1.807) is 0 Å². The highest BCUT2D eigenvalue weighted by Gasteiger charge is 2.20. The Bertz CT molecular complexity index is 1470. The average Bonchev–Trinajstić information content (AvgIpc) is 2.89. The Morgan fingerprint density at radius 1 is 1.05 bits per heavy atom. The standard InChI is InChI=1S/C29H28ClN5O2S/c1-3-25(20-9-5-4-6-10-20)27(37)34-29(31-22-11-7-8-19(2)16-22)35-28-32-23(17-26(36)33-28)18-38-24-14-12-21(30)13-15-24/h4-17,25H,3,18H2,1-2H3,(H3,31,32,33,34,35,36,37)/t25-/m0/s1. The van der Waals surface area contributed by atoms with Crippen LogP contribution >= 0.6 is 23.4 Å². The van der Waals surface area contributed by atoms with Gasteiger partial charge < -0.3 is 5.32 Å². The summed E-state index contributed by atoms with van der Waals surface area (Å²) in [6, 6.07) is 26.2. The van der Waals surface area contributed by atoms with Crippen LogP contribution in [0.5, 0.6) is 0 Å². The maximum absolute atomic E-state index is 13.3. The van der Waals surface area contributed by atoms with Gasteiger partial charge in [0.2, 0.25) is 17.8 Å². The van der Waals surface area contributed by atoms with Gasteiger partial charge >= 0.3 is 0 Å². The van der Waals surface area contributed by atoms with Crippen LogP contribution in [0.1, 0.15) is 36.1 Å². The third-order valence-corrected chi connectivity index (χ3v) is 6.95. The first-order valence-corrected chi connectivity index (χ1v) is 13.5. The van der Waals surface area contributed by atoms with Gasteiger partial charge in [0.25, 0.3) is 5.56 Å². The number of aromatic amines is 1. The first kappa shape index (κ1) is 27.2. The molecule has 4 rings (SSSR count). The van der Waals surface area contributed by atoms with Crippen LogP contribution in [0.25, 0.3) is 0 Å². The van der Waals surface area contributed by atoms with Gasteiger partial charge in [-0.05, 0) is 60.9 Å². The number of aryl methyl sites for hydroxylation is 1. The molecule has 1 heterocycles. The number of halogens is 1. The van der Waals surface area contributed by atoms with Gasteiger partial charge in [0.05, 0.1) is 11.6 Å². The molecule has 0 aliphatic carbocycles. The number of rotatable bonds is 8. The van der Waals surface area contributed by atoms with Crippen molar-refractivity contribution in [3.05, 3.63) is 117 Å². The lowest BCUT2D eigenvalue weighted by Crippen LogP contribution is -2.39. The molecule has 3 aromatic carbocycles. The van der Waals surface area contributed by atoms with Gasteiger partial charge in [0, 0.05) is 27.4 Å². The van der Waals surface area contributed by atoms with Crippen molar-refractivity contribution in [3.63, 3.8) is 0 Å². The number of nitrogens with zero attached hydrogens (tertiary/aromatic N) is 2. The maximum Gasteiger partial charge on any atom is 0.252 e. The molecule has 7 nitrogen and oxygen atoms in total. The van der Waals surface area contributed by atoms with Crippen LogP contribution in [0.15, 0.2) is 99.6 Å². The summed E-state index contributed by atoms with van der Waals surface area (Å²) in [5.41, 5.74) is 2.93. The second kappa shape index (κ2) is 13.1. The van der Waals surface area contributed by atoms with Crippen molar-refractivity contribution < 1.29 is 4.79 Å². The highest BCUT2D eigenvalue weighted by Crippen LogP contribution is 2.24. The Balaban J connectivity index is 1.61. The molecular weight excluding hydrogens is 518 g/mol. The molecule has 1 amide bonds. The molecule has 0 fully saturated rings. The number of nitrogens with one attached hydrogen (secondary N) is 3. The van der Waals surface area contributed by atoms with E-state index >= 15 is 0 Å². The van der Waals surface area contributed by atoms with Crippen LogP contribution in [0, 0.1) is 6.92 Å². The van der Waals surface area contributed by atoms with Crippen LogP contribution in [-0.2, 0) is 10.5 Å². The minimum absolute atomic E-state index is 0.0902. The fourth-order valence-electron chi connectivity index (χ4n) is 3.82. The normalized spacial score (nSPS) is 12.1. The topological polar surface area (TPSA) is 99.2 Å². The maximum atomic E-state index is 13.3. The number of carbonyl (C=O) groups is 1. The zero-order valence-electron chi connectivity index (χ0n) is 21.1. The molecule has 0 radical (unpaired) electrons. The van der Waals surface area contributed by atoms with Gasteiger partial charge in [0.15, 0.2) is 0 Å². The van der Waals surface area contributed by atoms with Crippen molar-refractivity contribution in [1.29, 1.82) is 0 Å². The Morgan fingerprint density at radius 2 is 1.82 bits per heavy atom. The van der Waals surface area contributed by atoms with E-state index in [0.29, 0.717) is 22.9 Å². The quantitative estimate of drug-likeness (QED) is 0.134. The SMILES string of the molecule is CC[C@H](C(=O)NC(=Nc1nc(CSc2ccc(Cl)cc2)cc(=O)[nH]1)Nc1cccc(C)c1)c1ccccc1. The van der Waals surface area contributed by atoms with E-state index < -0.39 is 0 Å². The van der Waals surface area contributed by atoms with Gasteiger partial charge in [-0.15, -0.1) is 11.8 Å². The monoisotopic (exact) mass is 545 g/mol. The predicted molar refractivity (Wildman–Crippen MR) is 155 cm³/mol. The zero-order valence-corrected chi connectivity index (χ0v) is 22.6. The smallest absolute Gasteiger partial charge is 0.252 e. The van der Waals surface area contributed by atoms with E-state index in [1.165, 1.54) is 17.8 Å². The lowest BCUT2D eigenvalue weighted by Gasteiger charge is -2.17. The lowest BCUT2D eigenvalue weighted by atomic mass is 9.96. The number of carbonyl (C=O) groups excluding carboxylic acids is 1. The second-order valence-electron chi connectivity index (χ2n) is 8.62. The molecule has 3 N–H and O–H groups in total. The van der Waals surface area contributed by atoms with Gasteiger partial charge in [0.1, 0.15) is 0 Å².